The van der Waals surface area contributed by atoms with Gasteiger partial charge in [0, 0.05) is 5.56 Å². The second-order valence-corrected chi connectivity index (χ2v) is 7.73. The molecule has 0 aliphatic rings. The lowest BCUT2D eigenvalue weighted by atomic mass is 10.2. The van der Waals surface area contributed by atoms with Crippen LogP contribution in [0.1, 0.15) is 11.1 Å². The van der Waals surface area contributed by atoms with Crippen LogP contribution in [-0.2, 0) is 26.2 Å². The molecule has 0 fully saturated rings. The van der Waals surface area contributed by atoms with E-state index in [1.165, 1.54) is 18.2 Å². The highest BCUT2D eigenvalue weighted by molar-refractivity contribution is 7.92. The fourth-order valence-corrected chi connectivity index (χ4v) is 3.33. The van der Waals surface area contributed by atoms with E-state index in [9.17, 15) is 17.6 Å². The predicted molar refractivity (Wildman–Crippen MR) is 94.6 cm³/mol. The maximum atomic E-state index is 13.7. The molecule has 0 radical (unpaired) electrons. The van der Waals surface area contributed by atoms with Crippen molar-refractivity contribution in [2.24, 2.45) is 0 Å². The summed E-state index contributed by atoms with van der Waals surface area (Å²) in [4.78, 5) is 12.1. The Balaban J connectivity index is 2.15. The first kappa shape index (κ1) is 19.2. The zero-order valence-electron chi connectivity index (χ0n) is 13.7. The van der Waals surface area contributed by atoms with Gasteiger partial charge in [-0.15, -0.1) is 0 Å². The molecule has 25 heavy (non-hydrogen) atoms. The number of ether oxygens (including phenoxy) is 1. The van der Waals surface area contributed by atoms with Gasteiger partial charge in [0.2, 0.25) is 10.0 Å². The lowest BCUT2D eigenvalue weighted by molar-refractivity contribution is -0.143. The van der Waals surface area contributed by atoms with E-state index < -0.39 is 28.4 Å². The fraction of sp³-hybridized carbons (Fsp3) is 0.235. The summed E-state index contributed by atoms with van der Waals surface area (Å²) in [5.74, 6) is -1.41. The summed E-state index contributed by atoms with van der Waals surface area (Å²) in [6.07, 6.45) is 1.00. The van der Waals surface area contributed by atoms with Crippen LogP contribution in [0.25, 0.3) is 0 Å². The summed E-state index contributed by atoms with van der Waals surface area (Å²) >= 11 is 5.87. The van der Waals surface area contributed by atoms with E-state index in [2.05, 4.69) is 0 Å². The summed E-state index contributed by atoms with van der Waals surface area (Å²) in [7, 11) is -3.70. The van der Waals surface area contributed by atoms with Gasteiger partial charge in [-0.3, -0.25) is 9.10 Å². The minimum Gasteiger partial charge on any atom is -0.459 e. The molecular weight excluding hydrogens is 369 g/mol. The van der Waals surface area contributed by atoms with E-state index in [-0.39, 0.29) is 17.2 Å². The van der Waals surface area contributed by atoms with Gasteiger partial charge >= 0.3 is 5.97 Å². The second-order valence-electron chi connectivity index (χ2n) is 5.42. The van der Waals surface area contributed by atoms with Crippen LogP contribution >= 0.6 is 11.6 Å². The Labute approximate surface area is 151 Å². The first-order valence-electron chi connectivity index (χ1n) is 7.32. The monoisotopic (exact) mass is 385 g/mol. The van der Waals surface area contributed by atoms with Gasteiger partial charge in [0.1, 0.15) is 19.0 Å². The standard InChI is InChI=1S/C17H17ClFNO4S/c1-12-6-3-4-9-16(12)20(25(2,22)23)10-17(21)24-11-13-14(18)7-5-8-15(13)19/h3-9H,10-11H2,1-2H3. The van der Waals surface area contributed by atoms with Crippen LogP contribution in [0, 0.1) is 12.7 Å². The number of carbonyl (C=O) groups is 1. The number of aryl methyl sites for hydroxylation is 1. The summed E-state index contributed by atoms with van der Waals surface area (Å²) in [6, 6.07) is 10.9. The number of para-hydroxylation sites is 1. The molecule has 2 rings (SSSR count). The van der Waals surface area contributed by atoms with Crippen molar-refractivity contribution in [2.45, 2.75) is 13.5 Å². The average molecular weight is 386 g/mol. The van der Waals surface area contributed by atoms with Crippen LogP contribution < -0.4 is 4.31 Å². The quantitative estimate of drug-likeness (QED) is 0.716. The van der Waals surface area contributed by atoms with E-state index in [1.807, 2.05) is 0 Å². The Kier molecular flexibility index (Phi) is 6.02. The Hall–Kier alpha value is -2.12. The molecule has 0 atom stereocenters. The van der Waals surface area contributed by atoms with E-state index >= 15 is 0 Å². The van der Waals surface area contributed by atoms with Crippen molar-refractivity contribution in [1.29, 1.82) is 0 Å². The topological polar surface area (TPSA) is 63.7 Å². The minimum atomic E-state index is -3.70. The van der Waals surface area contributed by atoms with Gasteiger partial charge in [0.15, 0.2) is 0 Å². The molecule has 0 N–H and O–H groups in total. The molecule has 134 valence electrons. The maximum absolute atomic E-state index is 13.7. The third-order valence-corrected chi connectivity index (χ3v) is 4.98. The van der Waals surface area contributed by atoms with Crippen molar-refractivity contribution in [3.05, 3.63) is 64.4 Å². The smallest absolute Gasteiger partial charge is 0.327 e. The van der Waals surface area contributed by atoms with Crippen LogP contribution in [0.5, 0.6) is 0 Å². The normalized spacial score (nSPS) is 11.2. The number of hydrogen-bond donors (Lipinski definition) is 0. The van der Waals surface area contributed by atoms with Gasteiger partial charge in [-0.2, -0.15) is 0 Å². The first-order chi connectivity index (χ1) is 11.7. The number of anilines is 1. The molecule has 0 saturated carbocycles. The highest BCUT2D eigenvalue weighted by Gasteiger charge is 2.23. The summed E-state index contributed by atoms with van der Waals surface area (Å²) in [5.41, 5.74) is 1.11. The van der Waals surface area contributed by atoms with Crippen molar-refractivity contribution < 1.29 is 22.3 Å². The van der Waals surface area contributed by atoms with Gasteiger partial charge in [0.05, 0.1) is 17.0 Å². The van der Waals surface area contributed by atoms with E-state index in [0.717, 1.165) is 10.6 Å². The van der Waals surface area contributed by atoms with Crippen LogP contribution in [-0.4, -0.2) is 27.2 Å². The highest BCUT2D eigenvalue weighted by Crippen LogP contribution is 2.23. The Morgan fingerprint density at radius 3 is 2.48 bits per heavy atom. The predicted octanol–water partition coefficient (Wildman–Crippen LogP) is 3.30. The third kappa shape index (κ3) is 4.93. The first-order valence-corrected chi connectivity index (χ1v) is 9.54. The molecule has 0 saturated heterocycles. The van der Waals surface area contributed by atoms with Crippen molar-refractivity contribution in [1.82, 2.24) is 0 Å². The zero-order valence-corrected chi connectivity index (χ0v) is 15.3. The van der Waals surface area contributed by atoms with Crippen LogP contribution in [0.2, 0.25) is 5.02 Å². The van der Waals surface area contributed by atoms with Crippen molar-refractivity contribution >= 4 is 33.3 Å². The third-order valence-electron chi connectivity index (χ3n) is 3.50. The maximum Gasteiger partial charge on any atom is 0.327 e. The number of halogens is 2. The van der Waals surface area contributed by atoms with E-state index in [0.29, 0.717) is 11.3 Å². The molecule has 2 aromatic carbocycles. The highest BCUT2D eigenvalue weighted by atomic mass is 35.5. The molecule has 0 unspecified atom stereocenters. The molecule has 0 aliphatic heterocycles. The summed E-state index contributed by atoms with van der Waals surface area (Å²) in [5, 5.41) is 0.131. The second kappa shape index (κ2) is 7.84. The van der Waals surface area contributed by atoms with Crippen LogP contribution in [0.4, 0.5) is 10.1 Å². The lowest BCUT2D eigenvalue weighted by Crippen LogP contribution is -2.36. The molecule has 0 bridgehead atoms. The molecule has 0 heterocycles. The largest absolute Gasteiger partial charge is 0.459 e. The van der Waals surface area contributed by atoms with Crippen LogP contribution in [0.3, 0.4) is 0 Å². The van der Waals surface area contributed by atoms with Gasteiger partial charge in [-0.05, 0) is 30.7 Å². The summed E-state index contributed by atoms with van der Waals surface area (Å²) in [6.45, 7) is 0.837. The fourth-order valence-electron chi connectivity index (χ4n) is 2.21. The molecular formula is C17H17ClFNO4S. The number of sulfonamides is 1. The molecule has 0 aliphatic carbocycles. The Morgan fingerprint density at radius 2 is 1.88 bits per heavy atom. The molecule has 2 aromatic rings. The van der Waals surface area contributed by atoms with Gasteiger partial charge < -0.3 is 4.74 Å². The molecule has 0 aromatic heterocycles. The molecule has 0 amide bonds. The molecule has 8 heteroatoms. The van der Waals surface area contributed by atoms with Gasteiger partial charge in [-0.25, -0.2) is 12.8 Å². The molecule has 5 nitrogen and oxygen atoms in total. The molecule has 0 spiro atoms. The number of hydrogen-bond acceptors (Lipinski definition) is 4. The zero-order chi connectivity index (χ0) is 18.6. The SMILES string of the molecule is Cc1ccccc1N(CC(=O)OCc1c(F)cccc1Cl)S(C)(=O)=O. The number of carbonyl (C=O) groups excluding carboxylic acids is 1. The number of nitrogens with zero attached hydrogens (tertiary/aromatic N) is 1. The van der Waals surface area contributed by atoms with Crippen LogP contribution in [0.15, 0.2) is 42.5 Å². The average Bonchev–Trinajstić information content (AvgIpc) is 2.52. The number of benzene rings is 2. The van der Waals surface area contributed by atoms with Gasteiger partial charge in [-0.1, -0.05) is 35.9 Å². The lowest BCUT2D eigenvalue weighted by Gasteiger charge is -2.23. The Morgan fingerprint density at radius 1 is 1.20 bits per heavy atom. The van der Waals surface area contributed by atoms with Crippen molar-refractivity contribution in [3.63, 3.8) is 0 Å². The number of rotatable bonds is 6. The van der Waals surface area contributed by atoms with Gasteiger partial charge in [0.25, 0.3) is 0 Å². The van der Waals surface area contributed by atoms with E-state index in [4.69, 9.17) is 16.3 Å². The van der Waals surface area contributed by atoms with Crippen molar-refractivity contribution in [3.8, 4) is 0 Å². The summed E-state index contributed by atoms with van der Waals surface area (Å²) < 4.78 is 43.7. The van der Waals surface area contributed by atoms with E-state index in [1.54, 1.807) is 31.2 Å². The number of esters is 1. The minimum absolute atomic E-state index is 0.0410. The Bertz CT molecular complexity index is 866. The van der Waals surface area contributed by atoms with Crippen molar-refractivity contribution in [2.75, 3.05) is 17.1 Å².